The van der Waals surface area contributed by atoms with Crippen LogP contribution in [0, 0.1) is 5.82 Å². The Balaban J connectivity index is 1.89. The van der Waals surface area contributed by atoms with Crippen LogP contribution in [0.2, 0.25) is 0 Å². The summed E-state index contributed by atoms with van der Waals surface area (Å²) in [5, 5.41) is 18.3. The van der Waals surface area contributed by atoms with Gasteiger partial charge in [0.15, 0.2) is 0 Å². The fourth-order valence-electron chi connectivity index (χ4n) is 1.69. The molecule has 100 valence electrons. The fraction of sp³-hybridized carbons (Fsp3) is 0.250. The molecule has 0 aliphatic heterocycles. The number of hydrogen-bond acceptors (Lipinski definition) is 4. The number of ether oxygens (including phenoxy) is 1. The molecule has 7 heteroatoms. The summed E-state index contributed by atoms with van der Waals surface area (Å²) < 4.78 is 20.4. The lowest BCUT2D eigenvalue weighted by Crippen LogP contribution is -2.31. The van der Waals surface area contributed by atoms with Crippen molar-refractivity contribution >= 4 is 12.6 Å². The molecular weight excluding hydrogens is 250 g/mol. The Morgan fingerprint density at radius 1 is 1.37 bits per heavy atom. The summed E-state index contributed by atoms with van der Waals surface area (Å²) in [6.45, 7) is 1.08. The van der Waals surface area contributed by atoms with Crippen molar-refractivity contribution in [3.63, 3.8) is 0 Å². The van der Waals surface area contributed by atoms with Gasteiger partial charge in [-0.1, -0.05) is 6.07 Å². The number of rotatable bonds is 6. The van der Waals surface area contributed by atoms with Crippen LogP contribution in [0.25, 0.3) is 0 Å². The van der Waals surface area contributed by atoms with Crippen molar-refractivity contribution in [2.24, 2.45) is 0 Å². The zero-order valence-electron chi connectivity index (χ0n) is 10.2. The molecule has 2 rings (SSSR count). The minimum Gasteiger partial charge on any atom is -0.494 e. The van der Waals surface area contributed by atoms with E-state index in [1.54, 1.807) is 12.5 Å². The summed E-state index contributed by atoms with van der Waals surface area (Å²) in [5.41, 5.74) is 0.157. The van der Waals surface area contributed by atoms with Gasteiger partial charge >= 0.3 is 7.12 Å². The molecule has 2 N–H and O–H groups in total. The molecule has 2 aromatic rings. The van der Waals surface area contributed by atoms with Crippen LogP contribution in [0.1, 0.15) is 6.42 Å². The molecule has 0 spiro atoms. The van der Waals surface area contributed by atoms with Gasteiger partial charge in [0.05, 0.1) is 12.9 Å². The molecule has 0 aliphatic carbocycles. The molecule has 0 bridgehead atoms. The van der Waals surface area contributed by atoms with Crippen LogP contribution in [0.4, 0.5) is 4.39 Å². The summed E-state index contributed by atoms with van der Waals surface area (Å²) in [7, 11) is -1.68. The first-order chi connectivity index (χ1) is 9.16. The average Bonchev–Trinajstić information content (AvgIpc) is 2.87. The van der Waals surface area contributed by atoms with Crippen LogP contribution < -0.4 is 10.2 Å². The normalized spacial score (nSPS) is 10.5. The molecule has 0 aliphatic rings. The van der Waals surface area contributed by atoms with Crippen molar-refractivity contribution in [2.45, 2.75) is 13.0 Å². The summed E-state index contributed by atoms with van der Waals surface area (Å²) in [5.74, 6) is -0.324. The number of aromatic nitrogens is 2. The van der Waals surface area contributed by atoms with Crippen LogP contribution in [-0.4, -0.2) is 33.3 Å². The number of imidazole rings is 1. The van der Waals surface area contributed by atoms with E-state index in [1.807, 2.05) is 10.8 Å². The molecule has 19 heavy (non-hydrogen) atoms. The molecule has 0 atom stereocenters. The highest BCUT2D eigenvalue weighted by molar-refractivity contribution is 6.59. The van der Waals surface area contributed by atoms with E-state index < -0.39 is 12.9 Å². The second-order valence-electron chi connectivity index (χ2n) is 4.06. The Labute approximate surface area is 110 Å². The average molecular weight is 264 g/mol. The second-order valence-corrected chi connectivity index (χ2v) is 4.06. The molecule has 0 amide bonds. The van der Waals surface area contributed by atoms with Gasteiger partial charge in [-0.3, -0.25) is 0 Å². The number of aryl methyl sites for hydroxylation is 1. The van der Waals surface area contributed by atoms with Gasteiger partial charge in [-0.2, -0.15) is 0 Å². The molecule has 5 nitrogen and oxygen atoms in total. The van der Waals surface area contributed by atoms with Crippen LogP contribution in [0.5, 0.6) is 5.75 Å². The van der Waals surface area contributed by atoms with E-state index in [2.05, 4.69) is 4.98 Å². The van der Waals surface area contributed by atoms with Crippen LogP contribution in [0.15, 0.2) is 36.9 Å². The van der Waals surface area contributed by atoms with E-state index in [0.717, 1.165) is 18.7 Å². The highest BCUT2D eigenvalue weighted by atomic mass is 19.1. The topological polar surface area (TPSA) is 67.5 Å². The quantitative estimate of drug-likeness (QED) is 0.576. The number of nitrogens with zero attached hydrogens (tertiary/aromatic N) is 2. The Hall–Kier alpha value is -1.86. The van der Waals surface area contributed by atoms with Crippen molar-refractivity contribution in [3.05, 3.63) is 42.7 Å². The van der Waals surface area contributed by atoms with Gasteiger partial charge in [-0.05, 0) is 12.5 Å². The third-order valence-electron chi connectivity index (χ3n) is 2.63. The number of halogens is 1. The predicted molar refractivity (Wildman–Crippen MR) is 68.6 cm³/mol. The first-order valence-electron chi connectivity index (χ1n) is 5.91. The minimum atomic E-state index is -1.68. The van der Waals surface area contributed by atoms with Gasteiger partial charge in [-0.25, -0.2) is 9.37 Å². The van der Waals surface area contributed by atoms with Crippen molar-refractivity contribution in [1.29, 1.82) is 0 Å². The lowest BCUT2D eigenvalue weighted by atomic mass is 9.79. The lowest BCUT2D eigenvalue weighted by molar-refractivity contribution is 0.301. The molecule has 1 aromatic heterocycles. The van der Waals surface area contributed by atoms with Gasteiger partial charge < -0.3 is 19.4 Å². The largest absolute Gasteiger partial charge is 0.494 e. The highest BCUT2D eigenvalue weighted by Crippen LogP contribution is 2.11. The summed E-state index contributed by atoms with van der Waals surface area (Å²) in [4.78, 5) is 3.91. The summed E-state index contributed by atoms with van der Waals surface area (Å²) in [6, 6.07) is 3.60. The molecule has 0 radical (unpaired) electrons. The third kappa shape index (κ3) is 3.80. The van der Waals surface area contributed by atoms with E-state index in [-0.39, 0.29) is 11.2 Å². The van der Waals surface area contributed by atoms with Gasteiger partial charge in [0.25, 0.3) is 0 Å². The third-order valence-corrected chi connectivity index (χ3v) is 2.63. The summed E-state index contributed by atoms with van der Waals surface area (Å²) in [6.07, 6.45) is 5.93. The Bertz CT molecular complexity index is 520. The smallest absolute Gasteiger partial charge is 0.492 e. The van der Waals surface area contributed by atoms with E-state index in [1.165, 1.54) is 6.07 Å². The first kappa shape index (κ1) is 13.6. The van der Waals surface area contributed by atoms with Crippen LogP contribution in [0.3, 0.4) is 0 Å². The van der Waals surface area contributed by atoms with Crippen molar-refractivity contribution < 1.29 is 19.2 Å². The standard InChI is InChI=1S/C12H14BFN2O3/c14-10-2-3-11(13(17)18)12(8-10)19-7-1-5-16-6-4-15-9-16/h2-4,6,8-9,17-18H,1,5,7H2. The van der Waals surface area contributed by atoms with E-state index >= 15 is 0 Å². The zero-order chi connectivity index (χ0) is 13.7. The van der Waals surface area contributed by atoms with E-state index in [0.29, 0.717) is 13.0 Å². The van der Waals surface area contributed by atoms with Crippen molar-refractivity contribution in [2.75, 3.05) is 6.61 Å². The molecule has 0 unspecified atom stereocenters. The molecule has 1 heterocycles. The van der Waals surface area contributed by atoms with Gasteiger partial charge in [-0.15, -0.1) is 0 Å². The van der Waals surface area contributed by atoms with Crippen LogP contribution >= 0.6 is 0 Å². The van der Waals surface area contributed by atoms with Gasteiger partial charge in [0.2, 0.25) is 0 Å². The molecule has 0 fully saturated rings. The maximum atomic E-state index is 13.1. The lowest BCUT2D eigenvalue weighted by Gasteiger charge is -2.11. The summed E-state index contributed by atoms with van der Waals surface area (Å²) >= 11 is 0. The van der Waals surface area contributed by atoms with Gasteiger partial charge in [0, 0.05) is 30.5 Å². The predicted octanol–water partition coefficient (Wildman–Crippen LogP) is 0.171. The number of hydrogen-bond donors (Lipinski definition) is 2. The molecular formula is C12H14BFN2O3. The molecule has 0 saturated carbocycles. The van der Waals surface area contributed by atoms with E-state index in [4.69, 9.17) is 14.8 Å². The maximum Gasteiger partial charge on any atom is 0.492 e. The van der Waals surface area contributed by atoms with Crippen molar-refractivity contribution in [1.82, 2.24) is 9.55 Å². The van der Waals surface area contributed by atoms with E-state index in [9.17, 15) is 4.39 Å². The second kappa shape index (κ2) is 6.35. The Kier molecular flexibility index (Phi) is 4.54. The Morgan fingerprint density at radius 3 is 2.89 bits per heavy atom. The minimum absolute atomic E-state index is 0.153. The Morgan fingerprint density at radius 2 is 2.21 bits per heavy atom. The molecule has 1 aromatic carbocycles. The highest BCUT2D eigenvalue weighted by Gasteiger charge is 2.17. The first-order valence-corrected chi connectivity index (χ1v) is 5.91. The maximum absolute atomic E-state index is 13.1. The van der Waals surface area contributed by atoms with Crippen molar-refractivity contribution in [3.8, 4) is 5.75 Å². The zero-order valence-corrected chi connectivity index (χ0v) is 10.2. The van der Waals surface area contributed by atoms with Gasteiger partial charge in [0.1, 0.15) is 11.6 Å². The number of benzene rings is 1. The van der Waals surface area contributed by atoms with Crippen LogP contribution in [-0.2, 0) is 6.54 Å². The monoisotopic (exact) mass is 264 g/mol. The SMILES string of the molecule is OB(O)c1ccc(F)cc1OCCCn1ccnc1. The molecule has 0 saturated heterocycles. The fourth-order valence-corrected chi connectivity index (χ4v) is 1.69.